The fourth-order valence-corrected chi connectivity index (χ4v) is 3.49. The van der Waals surface area contributed by atoms with Gasteiger partial charge in [-0.2, -0.15) is 0 Å². The van der Waals surface area contributed by atoms with E-state index >= 15 is 0 Å². The number of para-hydroxylation sites is 2. The number of carbonyl (C=O) groups excluding carboxylic acids is 2. The SMILES string of the molecule is O=C(CCc1ccccc1Cl)Nc1ccccc1NC(=O)CCc1ccccc1Cl. The van der Waals surface area contributed by atoms with Gasteiger partial charge in [0.15, 0.2) is 0 Å². The molecule has 6 heteroatoms. The van der Waals surface area contributed by atoms with Crippen molar-refractivity contribution < 1.29 is 9.59 Å². The van der Waals surface area contributed by atoms with Crippen LogP contribution in [0.2, 0.25) is 10.0 Å². The van der Waals surface area contributed by atoms with Crippen molar-refractivity contribution in [3.05, 3.63) is 94.0 Å². The first-order chi connectivity index (χ1) is 14.5. The van der Waals surface area contributed by atoms with E-state index in [4.69, 9.17) is 23.2 Å². The number of aryl methyl sites for hydroxylation is 2. The maximum absolute atomic E-state index is 12.4. The van der Waals surface area contributed by atoms with Gasteiger partial charge in [-0.1, -0.05) is 71.7 Å². The molecule has 0 aliphatic carbocycles. The van der Waals surface area contributed by atoms with E-state index in [2.05, 4.69) is 10.6 Å². The molecule has 0 atom stereocenters. The maximum Gasteiger partial charge on any atom is 0.224 e. The van der Waals surface area contributed by atoms with E-state index in [-0.39, 0.29) is 11.8 Å². The van der Waals surface area contributed by atoms with Gasteiger partial charge in [0.05, 0.1) is 11.4 Å². The predicted molar refractivity (Wildman–Crippen MR) is 123 cm³/mol. The highest BCUT2D eigenvalue weighted by molar-refractivity contribution is 6.31. The van der Waals surface area contributed by atoms with Crippen LogP contribution in [0.5, 0.6) is 0 Å². The number of amides is 2. The van der Waals surface area contributed by atoms with Crippen LogP contribution in [0.15, 0.2) is 72.8 Å². The summed E-state index contributed by atoms with van der Waals surface area (Å²) >= 11 is 12.3. The largest absolute Gasteiger partial charge is 0.324 e. The number of carbonyl (C=O) groups is 2. The van der Waals surface area contributed by atoms with E-state index in [1.807, 2.05) is 60.7 Å². The number of hydrogen-bond acceptors (Lipinski definition) is 2. The minimum atomic E-state index is -0.146. The molecule has 3 aromatic carbocycles. The van der Waals surface area contributed by atoms with Crippen LogP contribution < -0.4 is 10.6 Å². The second-order valence-electron chi connectivity index (χ2n) is 6.82. The zero-order valence-electron chi connectivity index (χ0n) is 16.3. The van der Waals surface area contributed by atoms with Gasteiger partial charge in [-0.15, -0.1) is 0 Å². The molecular formula is C24H22Cl2N2O2. The quantitative estimate of drug-likeness (QED) is 0.442. The second kappa shape index (κ2) is 10.8. The Morgan fingerprint density at radius 2 is 0.967 bits per heavy atom. The van der Waals surface area contributed by atoms with Crippen molar-refractivity contribution in [1.82, 2.24) is 0 Å². The Hall–Kier alpha value is -2.82. The molecule has 0 spiro atoms. The summed E-state index contributed by atoms with van der Waals surface area (Å²) in [6.07, 6.45) is 1.66. The Morgan fingerprint density at radius 1 is 0.600 bits per heavy atom. The molecule has 0 saturated heterocycles. The minimum absolute atomic E-state index is 0.146. The molecule has 2 amide bonds. The molecule has 0 heterocycles. The molecule has 30 heavy (non-hydrogen) atoms. The third-order valence-electron chi connectivity index (χ3n) is 4.63. The normalized spacial score (nSPS) is 10.5. The number of benzene rings is 3. The molecule has 0 saturated carbocycles. The predicted octanol–water partition coefficient (Wildman–Crippen LogP) is 6.14. The standard InChI is InChI=1S/C24H22Cl2N2O2/c25-19-9-3-1-7-17(19)13-15-23(29)27-21-11-5-6-12-22(21)28-24(30)16-14-18-8-2-4-10-20(18)26/h1-12H,13-16H2,(H,27,29)(H,28,30). The summed E-state index contributed by atoms with van der Waals surface area (Å²) in [5, 5.41) is 7.04. The van der Waals surface area contributed by atoms with Gasteiger partial charge in [-0.25, -0.2) is 0 Å². The molecule has 0 aliphatic heterocycles. The Morgan fingerprint density at radius 3 is 1.37 bits per heavy atom. The molecule has 0 bridgehead atoms. The van der Waals surface area contributed by atoms with E-state index in [9.17, 15) is 9.59 Å². The number of hydrogen-bond donors (Lipinski definition) is 2. The fraction of sp³-hybridized carbons (Fsp3) is 0.167. The molecule has 3 aromatic rings. The van der Waals surface area contributed by atoms with Crippen molar-refractivity contribution in [2.24, 2.45) is 0 Å². The van der Waals surface area contributed by atoms with Crippen molar-refractivity contribution in [3.63, 3.8) is 0 Å². The molecule has 154 valence electrons. The number of anilines is 2. The Bertz CT molecular complexity index is 954. The fourth-order valence-electron chi connectivity index (χ4n) is 3.03. The van der Waals surface area contributed by atoms with Crippen molar-refractivity contribution >= 4 is 46.4 Å². The average Bonchev–Trinajstić information content (AvgIpc) is 2.74. The third kappa shape index (κ3) is 6.34. The van der Waals surface area contributed by atoms with Crippen LogP contribution in [0, 0.1) is 0 Å². The lowest BCUT2D eigenvalue weighted by Crippen LogP contribution is -2.17. The highest BCUT2D eigenvalue weighted by Crippen LogP contribution is 2.23. The molecule has 2 N–H and O–H groups in total. The topological polar surface area (TPSA) is 58.2 Å². The lowest BCUT2D eigenvalue weighted by Gasteiger charge is -2.13. The first-order valence-electron chi connectivity index (χ1n) is 9.68. The summed E-state index contributed by atoms with van der Waals surface area (Å²) in [6.45, 7) is 0. The summed E-state index contributed by atoms with van der Waals surface area (Å²) in [4.78, 5) is 24.8. The van der Waals surface area contributed by atoms with Crippen LogP contribution in [0.3, 0.4) is 0 Å². The van der Waals surface area contributed by atoms with Crippen molar-refractivity contribution in [3.8, 4) is 0 Å². The van der Waals surface area contributed by atoms with Gasteiger partial charge >= 0.3 is 0 Å². The zero-order chi connectivity index (χ0) is 21.3. The first kappa shape index (κ1) is 21.9. The molecule has 3 rings (SSSR count). The number of nitrogens with one attached hydrogen (secondary N) is 2. The van der Waals surface area contributed by atoms with Crippen LogP contribution in [0.25, 0.3) is 0 Å². The van der Waals surface area contributed by atoms with Crippen LogP contribution >= 0.6 is 23.2 Å². The lowest BCUT2D eigenvalue weighted by atomic mass is 10.1. The Balaban J connectivity index is 1.56. The molecule has 0 unspecified atom stereocenters. The van der Waals surface area contributed by atoms with Crippen molar-refractivity contribution in [1.29, 1.82) is 0 Å². The molecular weight excluding hydrogens is 419 g/mol. The summed E-state index contributed by atoms with van der Waals surface area (Å²) in [6, 6.07) is 22.1. The highest BCUT2D eigenvalue weighted by Gasteiger charge is 2.11. The summed E-state index contributed by atoms with van der Waals surface area (Å²) in [5.41, 5.74) is 2.98. The number of rotatable bonds is 8. The van der Waals surface area contributed by atoms with Crippen molar-refractivity contribution in [2.75, 3.05) is 10.6 Å². The van der Waals surface area contributed by atoms with E-state index < -0.39 is 0 Å². The highest BCUT2D eigenvalue weighted by atomic mass is 35.5. The van der Waals surface area contributed by atoms with E-state index in [0.717, 1.165) is 11.1 Å². The van der Waals surface area contributed by atoms with Gasteiger partial charge in [-0.3, -0.25) is 9.59 Å². The van der Waals surface area contributed by atoms with E-state index in [1.165, 1.54) is 0 Å². The summed E-state index contributed by atoms with van der Waals surface area (Å²) < 4.78 is 0. The van der Waals surface area contributed by atoms with Gasteiger partial charge in [-0.05, 0) is 48.2 Å². The van der Waals surface area contributed by atoms with Crippen LogP contribution in [0.1, 0.15) is 24.0 Å². The first-order valence-corrected chi connectivity index (χ1v) is 10.4. The van der Waals surface area contributed by atoms with Gasteiger partial charge < -0.3 is 10.6 Å². The number of halogens is 2. The van der Waals surface area contributed by atoms with Crippen LogP contribution in [-0.4, -0.2) is 11.8 Å². The zero-order valence-corrected chi connectivity index (χ0v) is 17.8. The van der Waals surface area contributed by atoms with E-state index in [1.54, 1.807) is 12.1 Å². The third-order valence-corrected chi connectivity index (χ3v) is 5.37. The molecule has 0 radical (unpaired) electrons. The van der Waals surface area contributed by atoms with Gasteiger partial charge in [0.1, 0.15) is 0 Å². The van der Waals surface area contributed by atoms with Gasteiger partial charge in [0.25, 0.3) is 0 Å². The Kier molecular flexibility index (Phi) is 7.89. The van der Waals surface area contributed by atoms with Crippen LogP contribution in [-0.2, 0) is 22.4 Å². The second-order valence-corrected chi connectivity index (χ2v) is 7.64. The van der Waals surface area contributed by atoms with Gasteiger partial charge in [0.2, 0.25) is 11.8 Å². The average molecular weight is 441 g/mol. The minimum Gasteiger partial charge on any atom is -0.324 e. The van der Waals surface area contributed by atoms with Gasteiger partial charge in [0, 0.05) is 22.9 Å². The Labute approximate surface area is 186 Å². The smallest absolute Gasteiger partial charge is 0.224 e. The monoisotopic (exact) mass is 440 g/mol. The van der Waals surface area contributed by atoms with Crippen LogP contribution in [0.4, 0.5) is 11.4 Å². The molecule has 0 aromatic heterocycles. The molecule has 4 nitrogen and oxygen atoms in total. The van der Waals surface area contributed by atoms with Crippen molar-refractivity contribution in [2.45, 2.75) is 25.7 Å². The maximum atomic E-state index is 12.4. The summed E-state index contributed by atoms with van der Waals surface area (Å²) in [7, 11) is 0. The molecule has 0 fully saturated rings. The lowest BCUT2D eigenvalue weighted by molar-refractivity contribution is -0.117. The van der Waals surface area contributed by atoms with E-state index in [0.29, 0.717) is 47.1 Å². The molecule has 0 aliphatic rings. The summed E-state index contributed by atoms with van der Waals surface area (Å²) in [5.74, 6) is -0.291.